The van der Waals surface area contributed by atoms with Crippen LogP contribution >= 0.6 is 0 Å². The first-order valence-electron chi connectivity index (χ1n) is 5.59. The molecule has 1 heterocycles. The fraction of sp³-hybridized carbons (Fsp3) is 0. The van der Waals surface area contributed by atoms with Crippen LogP contribution in [0.3, 0.4) is 0 Å². The maximum absolute atomic E-state index is 12.5. The van der Waals surface area contributed by atoms with Gasteiger partial charge in [0, 0.05) is 4.90 Å². The summed E-state index contributed by atoms with van der Waals surface area (Å²) < 4.78 is 37.0. The molecule has 0 amide bonds. The molecule has 0 saturated carbocycles. The third kappa shape index (κ3) is 1.92. The highest BCUT2D eigenvalue weighted by Gasteiger charge is 2.39. The fourth-order valence-corrected chi connectivity index (χ4v) is 6.42. The number of hydrogen-bond donors (Lipinski definition) is 0. The summed E-state index contributed by atoms with van der Waals surface area (Å²) in [6.07, 6.45) is 0. The van der Waals surface area contributed by atoms with Crippen LogP contribution in [0.4, 0.5) is 0 Å². The molecule has 19 heavy (non-hydrogen) atoms. The molecule has 3 nitrogen and oxygen atoms in total. The van der Waals surface area contributed by atoms with Gasteiger partial charge in [0.15, 0.2) is 4.24 Å². The van der Waals surface area contributed by atoms with Crippen molar-refractivity contribution in [2.45, 2.75) is 9.79 Å². The van der Waals surface area contributed by atoms with E-state index in [0.717, 1.165) is 0 Å². The maximum atomic E-state index is 12.5. The molecule has 1 aliphatic heterocycles. The van der Waals surface area contributed by atoms with Gasteiger partial charge in [0.05, 0.1) is 14.4 Å². The Morgan fingerprint density at radius 3 is 1.95 bits per heavy atom. The van der Waals surface area contributed by atoms with Crippen LogP contribution in [-0.2, 0) is 19.4 Å². The summed E-state index contributed by atoms with van der Waals surface area (Å²) in [6.45, 7) is 0. The topological polar surface area (TPSA) is 51.2 Å². The zero-order valence-corrected chi connectivity index (χ0v) is 11.4. The average molecular weight is 290 g/mol. The Balaban J connectivity index is 2.02. The van der Waals surface area contributed by atoms with Crippen LogP contribution in [0.1, 0.15) is 0 Å². The van der Waals surface area contributed by atoms with Crippen molar-refractivity contribution < 1.29 is 12.6 Å². The second-order valence-corrected chi connectivity index (χ2v) is 8.42. The van der Waals surface area contributed by atoms with Crippen molar-refractivity contribution in [1.82, 2.24) is 0 Å². The van der Waals surface area contributed by atoms with Gasteiger partial charge in [-0.25, -0.2) is 12.6 Å². The van der Waals surface area contributed by atoms with Gasteiger partial charge in [-0.3, -0.25) is 0 Å². The van der Waals surface area contributed by atoms with Crippen LogP contribution in [0.25, 0.3) is 0 Å². The predicted octanol–water partition coefficient (Wildman–Crippen LogP) is 2.06. The van der Waals surface area contributed by atoms with Gasteiger partial charge >= 0.3 is 0 Å². The predicted molar refractivity (Wildman–Crippen MR) is 75.0 cm³/mol. The lowest BCUT2D eigenvalue weighted by atomic mass is 10.4. The summed E-state index contributed by atoms with van der Waals surface area (Å²) in [5.74, 6) is 0. The van der Waals surface area contributed by atoms with Crippen molar-refractivity contribution in [2.75, 3.05) is 0 Å². The van der Waals surface area contributed by atoms with E-state index >= 15 is 0 Å². The molecule has 0 spiro atoms. The molecule has 0 saturated heterocycles. The molecule has 1 aliphatic rings. The molecule has 0 radical (unpaired) electrons. The number of benzene rings is 2. The maximum Gasteiger partial charge on any atom is 0.223 e. The molecular formula is C14H10O3S2. The van der Waals surface area contributed by atoms with E-state index in [9.17, 15) is 12.6 Å². The molecule has 0 fully saturated rings. The summed E-state index contributed by atoms with van der Waals surface area (Å²) in [5, 5.41) is 2.56. The van der Waals surface area contributed by atoms with E-state index in [1.54, 1.807) is 48.5 Å². The lowest BCUT2D eigenvalue weighted by Crippen LogP contribution is -2.04. The molecule has 96 valence electrons. The van der Waals surface area contributed by atoms with Crippen LogP contribution < -0.4 is 0 Å². The average Bonchev–Trinajstić information content (AvgIpc) is 3.16. The van der Waals surface area contributed by atoms with Crippen molar-refractivity contribution in [2.24, 2.45) is 0 Å². The Hall–Kier alpha value is -1.81. The second kappa shape index (κ2) is 4.10. The molecule has 2 aromatic carbocycles. The van der Waals surface area contributed by atoms with Crippen LogP contribution in [0.2, 0.25) is 0 Å². The highest BCUT2D eigenvalue weighted by molar-refractivity contribution is 8.25. The zero-order valence-electron chi connectivity index (χ0n) is 9.81. The fourth-order valence-electron chi connectivity index (χ4n) is 1.79. The van der Waals surface area contributed by atoms with E-state index in [-0.39, 0.29) is 9.13 Å². The summed E-state index contributed by atoms with van der Waals surface area (Å²) in [5.41, 5.74) is 0. The first kappa shape index (κ1) is 12.2. The zero-order chi connectivity index (χ0) is 13.5. The molecule has 1 atom stereocenters. The second-order valence-electron chi connectivity index (χ2n) is 4.08. The molecule has 0 N–H and O–H groups in total. The van der Waals surface area contributed by atoms with Gasteiger partial charge in [0.2, 0.25) is 9.84 Å². The highest BCUT2D eigenvalue weighted by atomic mass is 32.3. The Morgan fingerprint density at radius 1 is 0.842 bits per heavy atom. The lowest BCUT2D eigenvalue weighted by Gasteiger charge is -2.02. The van der Waals surface area contributed by atoms with Gasteiger partial charge in [-0.15, -0.1) is 0 Å². The normalized spacial score (nSPS) is 21.4. The molecule has 0 aliphatic carbocycles. The van der Waals surface area contributed by atoms with E-state index < -0.39 is 19.4 Å². The van der Waals surface area contributed by atoms with Crippen LogP contribution in [0.5, 0.6) is 0 Å². The van der Waals surface area contributed by atoms with Gasteiger partial charge in [-0.1, -0.05) is 36.4 Å². The largest absolute Gasteiger partial charge is 0.248 e. The van der Waals surface area contributed by atoms with E-state index in [1.165, 1.54) is 12.1 Å². The Labute approximate surface area is 112 Å². The molecule has 0 bridgehead atoms. The van der Waals surface area contributed by atoms with E-state index in [2.05, 4.69) is 5.02 Å². The summed E-state index contributed by atoms with van der Waals surface area (Å²) in [4.78, 5) is 0.642. The molecule has 0 aromatic heterocycles. The quantitative estimate of drug-likeness (QED) is 0.813. The Kier molecular flexibility index (Phi) is 2.64. The molecular weight excluding hydrogens is 280 g/mol. The van der Waals surface area contributed by atoms with Crippen molar-refractivity contribution in [3.05, 3.63) is 64.9 Å². The molecule has 3 rings (SSSR count). The SMILES string of the molecule is O=S(=O)(C1=C=S1(=O)c1ccccc1)c1ccccc1. The summed E-state index contributed by atoms with van der Waals surface area (Å²) in [7, 11) is -6.46. The third-order valence-electron chi connectivity index (χ3n) is 2.82. The van der Waals surface area contributed by atoms with Gasteiger partial charge in [-0.2, -0.15) is 0 Å². The van der Waals surface area contributed by atoms with Crippen LogP contribution in [-0.4, -0.2) is 17.6 Å². The Morgan fingerprint density at radius 2 is 1.37 bits per heavy atom. The minimum Gasteiger partial charge on any atom is -0.248 e. The summed E-state index contributed by atoms with van der Waals surface area (Å²) in [6, 6.07) is 16.6. The van der Waals surface area contributed by atoms with E-state index in [4.69, 9.17) is 0 Å². The number of sulfone groups is 1. The number of hydrogen-bond acceptors (Lipinski definition) is 3. The van der Waals surface area contributed by atoms with Crippen molar-refractivity contribution >= 4 is 24.4 Å². The van der Waals surface area contributed by atoms with Crippen LogP contribution in [0.15, 0.2) is 74.7 Å². The van der Waals surface area contributed by atoms with Gasteiger partial charge in [0.1, 0.15) is 0 Å². The lowest BCUT2D eigenvalue weighted by molar-refractivity contribution is 0.604. The van der Waals surface area contributed by atoms with E-state index in [0.29, 0.717) is 4.90 Å². The molecule has 2 aromatic rings. The van der Waals surface area contributed by atoms with Gasteiger partial charge in [0.25, 0.3) is 0 Å². The van der Waals surface area contributed by atoms with Crippen molar-refractivity contribution in [1.29, 1.82) is 0 Å². The molecule has 1 unspecified atom stereocenters. The monoisotopic (exact) mass is 290 g/mol. The minimum absolute atomic E-state index is 0.0996. The molecule has 5 heteroatoms. The summed E-state index contributed by atoms with van der Waals surface area (Å²) >= 11 is 0. The van der Waals surface area contributed by atoms with Crippen molar-refractivity contribution in [3.8, 4) is 0 Å². The highest BCUT2D eigenvalue weighted by Crippen LogP contribution is 2.34. The smallest absolute Gasteiger partial charge is 0.223 e. The minimum atomic E-state index is -3.69. The van der Waals surface area contributed by atoms with Gasteiger partial charge < -0.3 is 0 Å². The van der Waals surface area contributed by atoms with Crippen molar-refractivity contribution in [3.63, 3.8) is 0 Å². The van der Waals surface area contributed by atoms with E-state index in [1.807, 2.05) is 0 Å². The first-order chi connectivity index (χ1) is 9.05. The standard InChI is InChI=1S/C14H10O3S2/c15-18(12-7-3-1-4-8-12)11-14(18)19(16,17)13-9-5-2-6-10-13/h1-10H. The Bertz CT molecular complexity index is 882. The third-order valence-corrected chi connectivity index (χ3v) is 7.64. The number of rotatable bonds is 3. The van der Waals surface area contributed by atoms with Crippen LogP contribution in [0, 0.1) is 0 Å². The van der Waals surface area contributed by atoms with Gasteiger partial charge in [-0.05, 0) is 29.3 Å². The first-order valence-corrected chi connectivity index (χ1v) is 8.63.